The molecule has 0 aliphatic carbocycles. The largest absolute Gasteiger partial charge is 0.481 e. The van der Waals surface area contributed by atoms with Gasteiger partial charge >= 0.3 is 11.9 Å². The van der Waals surface area contributed by atoms with Crippen molar-refractivity contribution in [3.63, 3.8) is 0 Å². The summed E-state index contributed by atoms with van der Waals surface area (Å²) in [6.45, 7) is 5.60. The Morgan fingerprint density at radius 1 is 0.926 bits per heavy atom. The zero-order valence-electron chi connectivity index (χ0n) is 16.7. The Kier molecular flexibility index (Phi) is 16.0. The summed E-state index contributed by atoms with van der Waals surface area (Å²) >= 11 is 0. The van der Waals surface area contributed by atoms with Crippen LogP contribution in [0.2, 0.25) is 0 Å². The highest BCUT2D eigenvalue weighted by atomic mass is 16.4. The van der Waals surface area contributed by atoms with Gasteiger partial charge in [-0.15, -0.1) is 6.58 Å². The summed E-state index contributed by atoms with van der Waals surface area (Å²) in [5, 5.41) is 18.1. The van der Waals surface area contributed by atoms with Crippen LogP contribution in [0.25, 0.3) is 0 Å². The van der Waals surface area contributed by atoms with E-state index >= 15 is 0 Å². The van der Waals surface area contributed by atoms with Crippen molar-refractivity contribution in [2.45, 2.75) is 71.1 Å². The van der Waals surface area contributed by atoms with E-state index in [1.54, 1.807) is 6.08 Å². The number of carboxylic acid groups (broad SMARTS) is 2. The molecule has 0 aromatic carbocycles. The fourth-order valence-corrected chi connectivity index (χ4v) is 2.90. The molecule has 0 radical (unpaired) electrons. The van der Waals surface area contributed by atoms with E-state index in [1.807, 2.05) is 31.2 Å². The van der Waals surface area contributed by atoms with Gasteiger partial charge in [0, 0.05) is 0 Å². The Morgan fingerprint density at radius 3 is 2.19 bits per heavy atom. The fraction of sp³-hybridized carbons (Fsp3) is 0.565. The average molecular weight is 377 g/mol. The van der Waals surface area contributed by atoms with Gasteiger partial charge in [-0.2, -0.15) is 0 Å². The molecule has 2 N–H and O–H groups in total. The first-order valence-corrected chi connectivity index (χ1v) is 10.1. The maximum atomic E-state index is 11.3. The first-order chi connectivity index (χ1) is 13.0. The number of unbranched alkanes of at least 4 members (excludes halogenated alkanes) is 6. The first kappa shape index (κ1) is 24.9. The third-order valence-corrected chi connectivity index (χ3v) is 4.52. The highest BCUT2D eigenvalue weighted by Crippen LogP contribution is 2.21. The smallest absolute Gasteiger partial charge is 0.307 e. The van der Waals surface area contributed by atoms with Crippen LogP contribution in [0, 0.1) is 11.8 Å². The number of hydrogen-bond acceptors (Lipinski definition) is 2. The van der Waals surface area contributed by atoms with Crippen molar-refractivity contribution >= 4 is 11.9 Å². The van der Waals surface area contributed by atoms with Crippen LogP contribution >= 0.6 is 0 Å². The molecule has 2 unspecified atom stereocenters. The zero-order valence-corrected chi connectivity index (χ0v) is 16.7. The van der Waals surface area contributed by atoms with Gasteiger partial charge in [0.15, 0.2) is 0 Å². The maximum absolute atomic E-state index is 11.3. The lowest BCUT2D eigenvalue weighted by atomic mass is 9.87. The highest BCUT2D eigenvalue weighted by Gasteiger charge is 2.27. The van der Waals surface area contributed by atoms with Gasteiger partial charge in [0.1, 0.15) is 0 Å². The number of aliphatic carboxylic acids is 2. The third kappa shape index (κ3) is 14.7. The van der Waals surface area contributed by atoms with Gasteiger partial charge in [-0.3, -0.25) is 9.59 Å². The highest BCUT2D eigenvalue weighted by molar-refractivity contribution is 5.78. The Morgan fingerprint density at radius 2 is 1.59 bits per heavy atom. The SMILES string of the molecule is C=CCCCCCCC/C=C\C/C=C\C=C\C(CC)C(CC(=O)O)C(=O)O. The van der Waals surface area contributed by atoms with E-state index < -0.39 is 17.9 Å². The summed E-state index contributed by atoms with van der Waals surface area (Å²) in [4.78, 5) is 22.1. The predicted molar refractivity (Wildman–Crippen MR) is 112 cm³/mol. The maximum Gasteiger partial charge on any atom is 0.307 e. The zero-order chi connectivity index (χ0) is 20.3. The van der Waals surface area contributed by atoms with Crippen LogP contribution in [0.15, 0.2) is 49.1 Å². The molecule has 4 nitrogen and oxygen atoms in total. The third-order valence-electron chi connectivity index (χ3n) is 4.52. The quantitative estimate of drug-likeness (QED) is 0.181. The standard InChI is InChI=1S/C23H36O4/c1-3-5-6-7-8-9-10-11-12-13-14-15-16-17-18-20(4-2)21(23(26)27)19-22(24)25/h3,12-13,15-18,20-21H,1,4-11,14,19H2,2H3,(H,24,25)(H,26,27)/b13-12-,16-15-,18-17+. The number of rotatable bonds is 17. The minimum Gasteiger partial charge on any atom is -0.481 e. The molecule has 0 aliphatic rings. The van der Waals surface area contributed by atoms with Crippen LogP contribution in [0.4, 0.5) is 0 Å². The van der Waals surface area contributed by atoms with Gasteiger partial charge < -0.3 is 10.2 Å². The van der Waals surface area contributed by atoms with Crippen molar-refractivity contribution in [2.24, 2.45) is 11.8 Å². The lowest BCUT2D eigenvalue weighted by Crippen LogP contribution is -2.24. The minimum absolute atomic E-state index is 0.273. The Hall–Kier alpha value is -2.10. The van der Waals surface area contributed by atoms with Gasteiger partial charge in [0.2, 0.25) is 0 Å². The van der Waals surface area contributed by atoms with Gasteiger partial charge in [-0.1, -0.05) is 68.7 Å². The molecule has 4 heteroatoms. The average Bonchev–Trinajstić information content (AvgIpc) is 2.63. The molecule has 0 rings (SSSR count). The number of allylic oxidation sites excluding steroid dienone is 7. The van der Waals surface area contributed by atoms with E-state index in [2.05, 4.69) is 18.7 Å². The molecule has 0 saturated heterocycles. The molecule has 27 heavy (non-hydrogen) atoms. The normalized spacial score (nSPS) is 14.1. The van der Waals surface area contributed by atoms with Gasteiger partial charge in [-0.25, -0.2) is 0 Å². The van der Waals surface area contributed by atoms with Crippen LogP contribution in [0.1, 0.15) is 71.1 Å². The van der Waals surface area contributed by atoms with Crippen molar-refractivity contribution in [3.8, 4) is 0 Å². The first-order valence-electron chi connectivity index (χ1n) is 10.1. The van der Waals surface area contributed by atoms with Crippen LogP contribution in [-0.2, 0) is 9.59 Å². The molecule has 152 valence electrons. The second-order valence-electron chi connectivity index (χ2n) is 6.77. The van der Waals surface area contributed by atoms with E-state index in [1.165, 1.54) is 32.1 Å². The Labute approximate surface area is 164 Å². The Balaban J connectivity index is 4.02. The van der Waals surface area contributed by atoms with E-state index in [9.17, 15) is 14.7 Å². The summed E-state index contributed by atoms with van der Waals surface area (Å²) in [6.07, 6.45) is 23.5. The molecule has 0 aromatic heterocycles. The molecule has 0 aliphatic heterocycles. The van der Waals surface area contributed by atoms with E-state index in [-0.39, 0.29) is 12.3 Å². The van der Waals surface area contributed by atoms with E-state index in [4.69, 9.17) is 5.11 Å². The van der Waals surface area contributed by atoms with Crippen molar-refractivity contribution < 1.29 is 19.8 Å². The predicted octanol–water partition coefficient (Wildman–Crippen LogP) is 6.16. The van der Waals surface area contributed by atoms with Crippen LogP contribution in [0.5, 0.6) is 0 Å². The van der Waals surface area contributed by atoms with Crippen LogP contribution in [0.3, 0.4) is 0 Å². The molecule has 2 atom stereocenters. The molecule has 0 spiro atoms. The topological polar surface area (TPSA) is 74.6 Å². The fourth-order valence-electron chi connectivity index (χ4n) is 2.90. The molecule has 0 heterocycles. The van der Waals surface area contributed by atoms with Gasteiger partial charge in [0.25, 0.3) is 0 Å². The summed E-state index contributed by atoms with van der Waals surface area (Å²) in [5.41, 5.74) is 0. The molecule has 0 fully saturated rings. The summed E-state index contributed by atoms with van der Waals surface area (Å²) < 4.78 is 0. The van der Waals surface area contributed by atoms with Crippen molar-refractivity contribution in [2.75, 3.05) is 0 Å². The minimum atomic E-state index is -1.08. The summed E-state index contributed by atoms with van der Waals surface area (Å²) in [5.74, 6) is -3.28. The van der Waals surface area contributed by atoms with E-state index in [0.29, 0.717) is 6.42 Å². The lowest BCUT2D eigenvalue weighted by molar-refractivity contribution is -0.149. The molecular weight excluding hydrogens is 340 g/mol. The van der Waals surface area contributed by atoms with Crippen molar-refractivity contribution in [1.82, 2.24) is 0 Å². The number of carboxylic acids is 2. The van der Waals surface area contributed by atoms with Crippen molar-refractivity contribution in [1.29, 1.82) is 0 Å². The van der Waals surface area contributed by atoms with E-state index in [0.717, 1.165) is 19.3 Å². The lowest BCUT2D eigenvalue weighted by Gasteiger charge is -2.17. The second-order valence-corrected chi connectivity index (χ2v) is 6.77. The van der Waals surface area contributed by atoms with Crippen LogP contribution in [-0.4, -0.2) is 22.2 Å². The summed E-state index contributed by atoms with van der Waals surface area (Å²) in [7, 11) is 0. The molecule has 0 aromatic rings. The van der Waals surface area contributed by atoms with Gasteiger partial charge in [0.05, 0.1) is 12.3 Å². The number of carbonyl (C=O) groups is 2. The molecular formula is C23H36O4. The van der Waals surface area contributed by atoms with Crippen molar-refractivity contribution in [3.05, 3.63) is 49.1 Å². The second kappa shape index (κ2) is 17.3. The Bertz CT molecular complexity index is 503. The van der Waals surface area contributed by atoms with Crippen LogP contribution < -0.4 is 0 Å². The molecule has 0 amide bonds. The molecule has 0 bridgehead atoms. The number of hydrogen-bond donors (Lipinski definition) is 2. The van der Waals surface area contributed by atoms with Gasteiger partial charge in [-0.05, 0) is 44.4 Å². The monoisotopic (exact) mass is 376 g/mol. The summed E-state index contributed by atoms with van der Waals surface area (Å²) in [6, 6.07) is 0. The molecule has 0 saturated carbocycles.